The number of carbonyl (C=O) groups is 1. The normalized spacial score (nSPS) is 17.9. The highest BCUT2D eigenvalue weighted by Crippen LogP contribution is 2.17. The summed E-state index contributed by atoms with van der Waals surface area (Å²) in [6.45, 7) is 5.69. The summed E-state index contributed by atoms with van der Waals surface area (Å²) < 4.78 is 0. The fourth-order valence-electron chi connectivity index (χ4n) is 1.99. The molecule has 1 rings (SSSR count). The first kappa shape index (κ1) is 12.3. The van der Waals surface area contributed by atoms with Crippen LogP contribution in [-0.4, -0.2) is 56.1 Å². The summed E-state index contributed by atoms with van der Waals surface area (Å²) >= 11 is 0. The number of hydrogen-bond acceptors (Lipinski definition) is 2. The van der Waals surface area contributed by atoms with Crippen molar-refractivity contribution in [3.63, 3.8) is 0 Å². The minimum Gasteiger partial charge on any atom is -0.328 e. The Morgan fingerprint density at radius 1 is 1.47 bits per heavy atom. The Morgan fingerprint density at radius 2 is 2.07 bits per heavy atom. The van der Waals surface area contributed by atoms with Crippen LogP contribution in [0.3, 0.4) is 0 Å². The first-order valence-electron chi connectivity index (χ1n) is 5.83. The lowest BCUT2D eigenvalue weighted by Gasteiger charge is -2.34. The summed E-state index contributed by atoms with van der Waals surface area (Å²) in [6, 6.07) is 0.181. The molecule has 0 aromatic heterocycles. The molecule has 0 radical (unpaired) electrons. The maximum atomic E-state index is 11.8. The first-order chi connectivity index (χ1) is 7.19. The molecular weight excluding hydrogens is 190 g/mol. The lowest BCUT2D eigenvalue weighted by atomic mass is 9.97. The number of urea groups is 1. The predicted molar refractivity (Wildman–Crippen MR) is 61.9 cm³/mol. The third-order valence-electron chi connectivity index (χ3n) is 3.18. The molecule has 0 spiro atoms. The van der Waals surface area contributed by atoms with Gasteiger partial charge in [0.15, 0.2) is 0 Å². The van der Waals surface area contributed by atoms with Crippen LogP contribution in [0.5, 0.6) is 0 Å². The maximum absolute atomic E-state index is 11.8. The number of nitrogens with one attached hydrogen (secondary N) is 1. The number of amides is 2. The van der Waals surface area contributed by atoms with Crippen LogP contribution < -0.4 is 5.32 Å². The molecule has 0 saturated carbocycles. The van der Waals surface area contributed by atoms with E-state index >= 15 is 0 Å². The Balaban J connectivity index is 2.33. The molecule has 1 saturated heterocycles. The summed E-state index contributed by atoms with van der Waals surface area (Å²) in [6.07, 6.45) is 2.26. The average molecular weight is 213 g/mol. The molecule has 1 fully saturated rings. The molecule has 0 aliphatic carbocycles. The van der Waals surface area contributed by atoms with Crippen molar-refractivity contribution in [3.8, 4) is 0 Å². The van der Waals surface area contributed by atoms with E-state index in [2.05, 4.69) is 5.32 Å². The second-order valence-electron chi connectivity index (χ2n) is 4.28. The van der Waals surface area contributed by atoms with Gasteiger partial charge in [-0.3, -0.25) is 0 Å². The average Bonchev–Trinajstić information content (AvgIpc) is 2.28. The van der Waals surface area contributed by atoms with Crippen molar-refractivity contribution in [2.24, 2.45) is 5.92 Å². The van der Waals surface area contributed by atoms with E-state index in [9.17, 15) is 4.79 Å². The van der Waals surface area contributed by atoms with Gasteiger partial charge in [-0.1, -0.05) is 0 Å². The van der Waals surface area contributed by atoms with Crippen molar-refractivity contribution >= 4 is 6.03 Å². The molecule has 0 aromatic rings. The van der Waals surface area contributed by atoms with Crippen molar-refractivity contribution in [1.82, 2.24) is 15.1 Å². The van der Waals surface area contributed by atoms with Gasteiger partial charge in [-0.15, -0.1) is 0 Å². The van der Waals surface area contributed by atoms with Gasteiger partial charge in [0.2, 0.25) is 0 Å². The molecule has 88 valence electrons. The zero-order valence-corrected chi connectivity index (χ0v) is 10.1. The van der Waals surface area contributed by atoms with Crippen LogP contribution in [0.1, 0.15) is 19.8 Å². The smallest absolute Gasteiger partial charge is 0.319 e. The Hall–Kier alpha value is -0.770. The Labute approximate surface area is 92.6 Å². The van der Waals surface area contributed by atoms with E-state index < -0.39 is 0 Å². The molecule has 0 unspecified atom stereocenters. The van der Waals surface area contributed by atoms with Gasteiger partial charge in [0, 0.05) is 26.7 Å². The van der Waals surface area contributed by atoms with Crippen molar-refractivity contribution in [2.45, 2.75) is 19.8 Å². The molecule has 1 aliphatic heterocycles. The van der Waals surface area contributed by atoms with Crippen LogP contribution in [0.15, 0.2) is 0 Å². The number of nitrogens with zero attached hydrogens (tertiary/aromatic N) is 2. The molecule has 4 heteroatoms. The van der Waals surface area contributed by atoms with Gasteiger partial charge in [0.05, 0.1) is 0 Å². The van der Waals surface area contributed by atoms with Gasteiger partial charge < -0.3 is 15.1 Å². The largest absolute Gasteiger partial charge is 0.328 e. The zero-order chi connectivity index (χ0) is 11.3. The number of rotatable bonds is 3. The number of hydrogen-bond donors (Lipinski definition) is 1. The number of piperidine rings is 1. The quantitative estimate of drug-likeness (QED) is 0.759. The Bertz CT molecular complexity index is 200. The van der Waals surface area contributed by atoms with Gasteiger partial charge >= 0.3 is 6.03 Å². The fraction of sp³-hybridized carbons (Fsp3) is 0.909. The molecule has 0 atom stereocenters. The van der Waals surface area contributed by atoms with Gasteiger partial charge in [0.1, 0.15) is 0 Å². The highest BCUT2D eigenvalue weighted by Gasteiger charge is 2.23. The van der Waals surface area contributed by atoms with Crippen LogP contribution in [0.4, 0.5) is 4.79 Å². The summed E-state index contributed by atoms with van der Waals surface area (Å²) in [5.74, 6) is 0.742. The molecular formula is C11H23N3O. The van der Waals surface area contributed by atoms with E-state index in [4.69, 9.17) is 0 Å². The van der Waals surface area contributed by atoms with Crippen molar-refractivity contribution < 1.29 is 4.79 Å². The van der Waals surface area contributed by atoms with Crippen LogP contribution in [0, 0.1) is 5.92 Å². The predicted octanol–water partition coefficient (Wildman–Crippen LogP) is 0.989. The summed E-state index contributed by atoms with van der Waals surface area (Å²) in [5.41, 5.74) is 0. The van der Waals surface area contributed by atoms with E-state index in [1.807, 2.05) is 25.9 Å². The molecule has 4 nitrogen and oxygen atoms in total. The summed E-state index contributed by atoms with van der Waals surface area (Å²) in [7, 11) is 3.85. The lowest BCUT2D eigenvalue weighted by Crippen LogP contribution is -2.46. The minimum atomic E-state index is 0.181. The van der Waals surface area contributed by atoms with Crippen molar-refractivity contribution in [2.75, 3.05) is 40.3 Å². The monoisotopic (exact) mass is 213 g/mol. The Kier molecular flexibility index (Phi) is 4.88. The second kappa shape index (κ2) is 5.95. The van der Waals surface area contributed by atoms with Crippen LogP contribution in [0.25, 0.3) is 0 Å². The SMILES string of the molecule is CCN(C)C(=O)N1CCC(CNC)CC1. The van der Waals surface area contributed by atoms with E-state index in [1.54, 1.807) is 4.90 Å². The van der Waals surface area contributed by atoms with E-state index in [-0.39, 0.29) is 6.03 Å². The maximum Gasteiger partial charge on any atom is 0.319 e. The van der Waals surface area contributed by atoms with Crippen molar-refractivity contribution in [3.05, 3.63) is 0 Å². The summed E-state index contributed by atoms with van der Waals surface area (Å²) in [5, 5.41) is 3.20. The zero-order valence-electron chi connectivity index (χ0n) is 10.1. The van der Waals surface area contributed by atoms with E-state index in [1.165, 1.54) is 0 Å². The number of likely N-dealkylation sites (tertiary alicyclic amines) is 1. The van der Waals surface area contributed by atoms with Crippen LogP contribution >= 0.6 is 0 Å². The van der Waals surface area contributed by atoms with Crippen LogP contribution in [0.2, 0.25) is 0 Å². The molecule has 2 amide bonds. The minimum absolute atomic E-state index is 0.181. The molecule has 0 aromatic carbocycles. The topological polar surface area (TPSA) is 35.6 Å². The Morgan fingerprint density at radius 3 is 2.53 bits per heavy atom. The van der Waals surface area contributed by atoms with Gasteiger partial charge in [-0.25, -0.2) is 4.79 Å². The molecule has 0 bridgehead atoms. The molecule has 1 heterocycles. The van der Waals surface area contributed by atoms with E-state index in [0.29, 0.717) is 0 Å². The molecule has 15 heavy (non-hydrogen) atoms. The van der Waals surface area contributed by atoms with Gasteiger partial charge in [-0.2, -0.15) is 0 Å². The van der Waals surface area contributed by atoms with E-state index in [0.717, 1.165) is 44.9 Å². The van der Waals surface area contributed by atoms with Crippen LogP contribution in [-0.2, 0) is 0 Å². The third kappa shape index (κ3) is 3.38. The van der Waals surface area contributed by atoms with Gasteiger partial charge in [0.25, 0.3) is 0 Å². The lowest BCUT2D eigenvalue weighted by molar-refractivity contribution is 0.142. The highest BCUT2D eigenvalue weighted by molar-refractivity contribution is 5.74. The van der Waals surface area contributed by atoms with Crippen molar-refractivity contribution in [1.29, 1.82) is 0 Å². The summed E-state index contributed by atoms with van der Waals surface area (Å²) in [4.78, 5) is 15.6. The third-order valence-corrected chi connectivity index (χ3v) is 3.18. The molecule has 1 N–H and O–H groups in total. The van der Waals surface area contributed by atoms with Gasteiger partial charge in [-0.05, 0) is 39.3 Å². The number of carbonyl (C=O) groups excluding carboxylic acids is 1. The standard InChI is InChI=1S/C11H23N3O/c1-4-13(3)11(15)14-7-5-10(6-8-14)9-12-2/h10,12H,4-9H2,1-3H3. The fourth-order valence-corrected chi connectivity index (χ4v) is 1.99. The first-order valence-corrected chi connectivity index (χ1v) is 5.83. The second-order valence-corrected chi connectivity index (χ2v) is 4.28. The molecule has 1 aliphatic rings. The highest BCUT2D eigenvalue weighted by atomic mass is 16.2.